The molecule has 0 spiro atoms. The summed E-state index contributed by atoms with van der Waals surface area (Å²) in [6.07, 6.45) is 10.3. The van der Waals surface area contributed by atoms with E-state index in [1.807, 2.05) is 0 Å². The van der Waals surface area contributed by atoms with E-state index in [-0.39, 0.29) is 21.1 Å². The molecule has 0 saturated carbocycles. The van der Waals surface area contributed by atoms with E-state index in [9.17, 15) is 9.79 Å². The van der Waals surface area contributed by atoms with Gasteiger partial charge in [-0.15, -0.1) is 0 Å². The van der Waals surface area contributed by atoms with Crippen LogP contribution < -0.4 is 9.79 Å². The first-order chi connectivity index (χ1) is 7.83. The monoisotopic (exact) mass is 395 g/mol. The van der Waals surface area contributed by atoms with Crippen molar-refractivity contribution in [2.24, 2.45) is 0 Å². The van der Waals surface area contributed by atoms with Crippen molar-refractivity contribution in [2.45, 2.75) is 65.2 Å². The maximum absolute atomic E-state index is 9.29. The minimum Gasteiger partial charge on any atom is -0.850 e. The van der Waals surface area contributed by atoms with E-state index in [0.717, 1.165) is 12.8 Å². The molecule has 6 heteroatoms. The van der Waals surface area contributed by atoms with Crippen LogP contribution in [0.2, 0.25) is 0 Å². The number of hydrogen-bond acceptors (Lipinski definition) is 4. The summed E-state index contributed by atoms with van der Waals surface area (Å²) in [7, 11) is 0. The summed E-state index contributed by atoms with van der Waals surface area (Å²) in [5.74, 6) is 0. The molecule has 0 aromatic heterocycles. The van der Waals surface area contributed by atoms with Crippen LogP contribution in [0.25, 0.3) is 0 Å². The van der Waals surface area contributed by atoms with Gasteiger partial charge in [-0.2, -0.15) is 24.6 Å². The Morgan fingerprint density at radius 1 is 0.944 bits per heavy atom. The minimum absolute atomic E-state index is 0. The first-order valence-corrected chi connectivity index (χ1v) is 9.80. The van der Waals surface area contributed by atoms with Crippen LogP contribution in [-0.2, 0) is 45.1 Å². The second-order valence-corrected chi connectivity index (χ2v) is 8.04. The van der Waals surface area contributed by atoms with Crippen LogP contribution in [0.3, 0.4) is 0 Å². The van der Waals surface area contributed by atoms with E-state index in [1.165, 1.54) is 38.5 Å². The molecule has 0 saturated heterocycles. The van der Waals surface area contributed by atoms with Gasteiger partial charge in [-0.3, -0.25) is 0 Å². The van der Waals surface area contributed by atoms with Crippen LogP contribution in [0.1, 0.15) is 65.2 Å². The van der Waals surface area contributed by atoms with Crippen molar-refractivity contribution in [1.29, 1.82) is 0 Å². The van der Waals surface area contributed by atoms with Crippen LogP contribution in [0.15, 0.2) is 0 Å². The first kappa shape index (κ1) is 27.9. The minimum atomic E-state index is -3.72. The standard InChI is InChI=1S/C8H17.C4H9.Mo.H3O2PS2/c1-3-5-7-8-6-4-2;1-3-4-2;;1-3(2,4)5/h1,3-8H2,2H3;1,3-4H2,2H3;;(H3,1,2,4,5)/q2*-1;+3;/p-3. The van der Waals surface area contributed by atoms with Gasteiger partial charge in [0.05, 0.1) is 0 Å². The Bertz CT molecular complexity index is 150. The van der Waals surface area contributed by atoms with Gasteiger partial charge < -0.3 is 41.6 Å². The van der Waals surface area contributed by atoms with Gasteiger partial charge in [0, 0.05) is 0 Å². The third-order valence-corrected chi connectivity index (χ3v) is 1.71. The quantitative estimate of drug-likeness (QED) is 0.228. The van der Waals surface area contributed by atoms with Gasteiger partial charge in [-0.25, -0.2) is 0 Å². The summed E-state index contributed by atoms with van der Waals surface area (Å²) in [5.41, 5.74) is -3.72. The van der Waals surface area contributed by atoms with Gasteiger partial charge in [0.2, 0.25) is 0 Å². The average Bonchev–Trinajstić information content (AvgIpc) is 2.23. The van der Waals surface area contributed by atoms with Crippen molar-refractivity contribution in [1.82, 2.24) is 0 Å². The average molecular weight is 393 g/mol. The molecule has 0 bridgehead atoms. The van der Waals surface area contributed by atoms with Crippen molar-refractivity contribution in [3.05, 3.63) is 13.8 Å². The van der Waals surface area contributed by atoms with E-state index in [4.69, 9.17) is 0 Å². The molecule has 0 unspecified atom stereocenters. The van der Waals surface area contributed by atoms with Gasteiger partial charge >= 0.3 is 21.1 Å². The van der Waals surface area contributed by atoms with E-state index < -0.39 is 5.69 Å². The second-order valence-electron chi connectivity index (χ2n) is 3.57. The van der Waals surface area contributed by atoms with E-state index in [0.29, 0.717) is 0 Å². The third kappa shape index (κ3) is 83.9. The van der Waals surface area contributed by atoms with Crippen molar-refractivity contribution in [3.8, 4) is 0 Å². The largest absolute Gasteiger partial charge is 3.00 e. The molecule has 18 heavy (non-hydrogen) atoms. The zero-order valence-corrected chi connectivity index (χ0v) is 16.1. The SMILES string of the molecule is [CH2-]CCC.[CH2-]CCCCCCC.[Mo+3].[O-]P([O-])(=S)[S-]. The van der Waals surface area contributed by atoms with E-state index in [2.05, 4.69) is 51.8 Å². The van der Waals surface area contributed by atoms with Crippen LogP contribution in [0, 0.1) is 13.8 Å². The molecule has 0 aliphatic heterocycles. The summed E-state index contributed by atoms with van der Waals surface area (Å²) in [4.78, 5) is 18.6. The molecule has 0 atom stereocenters. The fraction of sp³-hybridized carbons (Fsp3) is 0.833. The predicted octanol–water partition coefficient (Wildman–Crippen LogP) is 3.28. The third-order valence-electron chi connectivity index (χ3n) is 1.71. The zero-order valence-electron chi connectivity index (χ0n) is 11.6. The first-order valence-electron chi connectivity index (χ1n) is 6.14. The van der Waals surface area contributed by atoms with Gasteiger partial charge in [-0.1, -0.05) is 52.4 Å². The molecule has 0 rings (SSSR count). The molecule has 0 aliphatic carbocycles. The number of hydrogen-bond donors (Lipinski definition) is 0. The molecule has 111 valence electrons. The van der Waals surface area contributed by atoms with Crippen LogP contribution in [0.5, 0.6) is 0 Å². The summed E-state index contributed by atoms with van der Waals surface area (Å²) in [5, 5.41) is 0. The molecular formula is C12H26MoO2PS2-2. The second kappa shape index (κ2) is 23.7. The van der Waals surface area contributed by atoms with Gasteiger partial charge in [0.1, 0.15) is 0 Å². The molecule has 0 N–H and O–H groups in total. The van der Waals surface area contributed by atoms with Crippen molar-refractivity contribution in [2.75, 3.05) is 0 Å². The molecule has 0 aromatic rings. The molecular weight excluding hydrogens is 367 g/mol. The normalized spacial score (nSPS) is 9.28. The number of unbranched alkanes of at least 4 members (excludes halogenated alkanes) is 6. The van der Waals surface area contributed by atoms with E-state index >= 15 is 0 Å². The van der Waals surface area contributed by atoms with Crippen LogP contribution in [-0.4, -0.2) is 0 Å². The Kier molecular flexibility index (Phi) is 36.7. The predicted molar refractivity (Wildman–Crippen MR) is 80.6 cm³/mol. The Balaban J connectivity index is -0.0000000855. The Hall–Kier alpha value is 1.61. The van der Waals surface area contributed by atoms with Crippen molar-refractivity contribution >= 4 is 29.7 Å². The van der Waals surface area contributed by atoms with Crippen molar-refractivity contribution in [3.63, 3.8) is 0 Å². The molecule has 1 radical (unpaired) electrons. The number of rotatable bonds is 6. The maximum Gasteiger partial charge on any atom is 3.00 e. The van der Waals surface area contributed by atoms with Gasteiger partial charge in [0.15, 0.2) is 0 Å². The van der Waals surface area contributed by atoms with Crippen LogP contribution in [0.4, 0.5) is 0 Å². The molecule has 0 fully saturated rings. The van der Waals surface area contributed by atoms with E-state index in [1.54, 1.807) is 0 Å². The van der Waals surface area contributed by atoms with Gasteiger partial charge in [0.25, 0.3) is 0 Å². The Morgan fingerprint density at radius 2 is 1.28 bits per heavy atom. The molecule has 0 amide bonds. The summed E-state index contributed by atoms with van der Waals surface area (Å²) >= 11 is 7.28. The summed E-state index contributed by atoms with van der Waals surface area (Å²) in [6, 6.07) is 0. The smallest absolute Gasteiger partial charge is 0.850 e. The summed E-state index contributed by atoms with van der Waals surface area (Å²) in [6.45, 7) is 11.7. The molecule has 0 aromatic carbocycles. The zero-order chi connectivity index (χ0) is 14.2. The topological polar surface area (TPSA) is 46.1 Å². The summed E-state index contributed by atoms with van der Waals surface area (Å²) < 4.78 is 0. The molecule has 0 aliphatic rings. The molecule has 0 heterocycles. The fourth-order valence-electron chi connectivity index (χ4n) is 0.780. The maximum atomic E-state index is 9.29. The fourth-order valence-corrected chi connectivity index (χ4v) is 0.780. The van der Waals surface area contributed by atoms with Gasteiger partial charge in [-0.05, 0) is 0 Å². The van der Waals surface area contributed by atoms with Crippen LogP contribution >= 0.6 is 5.69 Å². The molecule has 2 nitrogen and oxygen atoms in total. The Labute approximate surface area is 139 Å². The Morgan fingerprint density at radius 3 is 1.50 bits per heavy atom. The van der Waals surface area contributed by atoms with Crippen molar-refractivity contribution < 1.29 is 30.9 Å².